The number of fused-ring (bicyclic) bond motifs is 1. The first-order valence-electron chi connectivity index (χ1n) is 7.99. The Bertz CT molecular complexity index is 859. The second-order valence-corrected chi connectivity index (χ2v) is 6.78. The van der Waals surface area contributed by atoms with E-state index in [1.165, 1.54) is 0 Å². The van der Waals surface area contributed by atoms with Crippen molar-refractivity contribution < 1.29 is 4.79 Å². The molecule has 0 saturated carbocycles. The van der Waals surface area contributed by atoms with E-state index in [2.05, 4.69) is 10.3 Å². The highest BCUT2D eigenvalue weighted by atomic mass is 35.5. The van der Waals surface area contributed by atoms with Gasteiger partial charge in [0.25, 0.3) is 5.56 Å². The highest BCUT2D eigenvalue weighted by Crippen LogP contribution is 2.15. The van der Waals surface area contributed by atoms with Gasteiger partial charge in [-0.2, -0.15) is 0 Å². The van der Waals surface area contributed by atoms with Crippen LogP contribution in [0.1, 0.15) is 27.2 Å². The van der Waals surface area contributed by atoms with Crippen LogP contribution in [-0.4, -0.2) is 27.5 Å². The van der Waals surface area contributed by atoms with Gasteiger partial charge < -0.3 is 16.0 Å². The van der Waals surface area contributed by atoms with Gasteiger partial charge in [0.15, 0.2) is 0 Å². The van der Waals surface area contributed by atoms with Crippen LogP contribution >= 0.6 is 12.4 Å². The fourth-order valence-corrected chi connectivity index (χ4v) is 2.95. The number of benzene rings is 1. The van der Waals surface area contributed by atoms with Crippen molar-refractivity contribution in [2.24, 2.45) is 11.7 Å². The van der Waals surface area contributed by atoms with Gasteiger partial charge in [0.05, 0.1) is 10.9 Å². The van der Waals surface area contributed by atoms with E-state index in [1.54, 1.807) is 24.3 Å². The standard InChI is InChI=1S/C17H24N4O3.ClH/c1-11(2)8-17(3,10-18)20-14(22)9-21-15(23)12-6-4-5-7-13(12)19-16(21)24;/h4-7,11H,8-10,18H2,1-3H3,(H,19,24)(H,20,22);1H. The summed E-state index contributed by atoms with van der Waals surface area (Å²) in [6, 6.07) is 6.70. The lowest BCUT2D eigenvalue weighted by atomic mass is 9.91. The van der Waals surface area contributed by atoms with E-state index < -0.39 is 22.7 Å². The molecule has 0 fully saturated rings. The van der Waals surface area contributed by atoms with E-state index in [0.717, 1.165) is 4.57 Å². The number of amides is 1. The van der Waals surface area contributed by atoms with Gasteiger partial charge in [0, 0.05) is 12.1 Å². The highest BCUT2D eigenvalue weighted by Gasteiger charge is 2.26. The van der Waals surface area contributed by atoms with Gasteiger partial charge in [0.1, 0.15) is 6.54 Å². The molecule has 1 aromatic heterocycles. The Morgan fingerprint density at radius 1 is 1.32 bits per heavy atom. The first-order valence-corrected chi connectivity index (χ1v) is 7.99. The summed E-state index contributed by atoms with van der Waals surface area (Å²) < 4.78 is 0.907. The third-order valence-corrected chi connectivity index (χ3v) is 3.94. The van der Waals surface area contributed by atoms with E-state index in [0.29, 0.717) is 23.2 Å². The van der Waals surface area contributed by atoms with Gasteiger partial charge in [-0.25, -0.2) is 4.79 Å². The number of nitrogens with two attached hydrogens (primary N) is 1. The van der Waals surface area contributed by atoms with Crippen LogP contribution in [0.15, 0.2) is 33.9 Å². The summed E-state index contributed by atoms with van der Waals surface area (Å²) in [5.41, 5.74) is 4.58. The summed E-state index contributed by atoms with van der Waals surface area (Å²) in [6.45, 7) is 5.88. The average Bonchev–Trinajstić information content (AvgIpc) is 2.50. The molecule has 0 bridgehead atoms. The zero-order valence-corrected chi connectivity index (χ0v) is 15.5. The summed E-state index contributed by atoms with van der Waals surface area (Å²) in [5, 5.41) is 3.22. The van der Waals surface area contributed by atoms with Gasteiger partial charge in [-0.1, -0.05) is 26.0 Å². The second-order valence-electron chi connectivity index (χ2n) is 6.78. The molecule has 8 heteroatoms. The van der Waals surface area contributed by atoms with Crippen LogP contribution in [0.25, 0.3) is 10.9 Å². The van der Waals surface area contributed by atoms with Crippen LogP contribution in [-0.2, 0) is 11.3 Å². The van der Waals surface area contributed by atoms with Gasteiger partial charge in [-0.15, -0.1) is 12.4 Å². The Hall–Kier alpha value is -2.12. The quantitative estimate of drug-likeness (QED) is 0.706. The van der Waals surface area contributed by atoms with Crippen LogP contribution in [0.3, 0.4) is 0 Å². The molecular weight excluding hydrogens is 344 g/mol. The molecule has 1 amide bonds. The van der Waals surface area contributed by atoms with Gasteiger partial charge in [-0.05, 0) is 31.4 Å². The largest absolute Gasteiger partial charge is 0.348 e. The number of aromatic nitrogens is 2. The van der Waals surface area contributed by atoms with Crippen molar-refractivity contribution in [2.45, 2.75) is 39.3 Å². The Morgan fingerprint density at radius 3 is 2.56 bits per heavy atom. The van der Waals surface area contributed by atoms with E-state index >= 15 is 0 Å². The van der Waals surface area contributed by atoms with Gasteiger partial charge in [-0.3, -0.25) is 14.2 Å². The first-order chi connectivity index (χ1) is 11.3. The lowest BCUT2D eigenvalue weighted by Crippen LogP contribution is -2.54. The molecule has 0 aliphatic heterocycles. The summed E-state index contributed by atoms with van der Waals surface area (Å²) in [5.74, 6) is -0.0582. The number of nitrogens with zero attached hydrogens (tertiary/aromatic N) is 1. The number of hydrogen-bond acceptors (Lipinski definition) is 4. The molecule has 0 aliphatic carbocycles. The van der Waals surface area contributed by atoms with Crippen molar-refractivity contribution in [3.8, 4) is 0 Å². The summed E-state index contributed by atoms with van der Waals surface area (Å²) in [4.78, 5) is 39.5. The average molecular weight is 369 g/mol. The van der Waals surface area contributed by atoms with Crippen molar-refractivity contribution in [1.29, 1.82) is 0 Å². The predicted octanol–water partition coefficient (Wildman–Crippen LogP) is 0.991. The molecular formula is C17H25ClN4O3. The summed E-state index contributed by atoms with van der Waals surface area (Å²) >= 11 is 0. The zero-order chi connectivity index (χ0) is 17.9. The molecule has 0 radical (unpaired) electrons. The molecule has 0 saturated heterocycles. The lowest BCUT2D eigenvalue weighted by molar-refractivity contribution is -0.123. The highest BCUT2D eigenvalue weighted by molar-refractivity contribution is 5.85. The third-order valence-electron chi connectivity index (χ3n) is 3.94. The molecule has 138 valence electrons. The summed E-state index contributed by atoms with van der Waals surface area (Å²) in [7, 11) is 0. The number of hydrogen-bond donors (Lipinski definition) is 3. The first kappa shape index (κ1) is 20.9. The SMILES string of the molecule is CC(C)CC(C)(CN)NC(=O)Cn1c(=O)[nH]c2ccccc2c1=O.Cl. The molecule has 1 unspecified atom stereocenters. The maximum absolute atomic E-state index is 12.4. The van der Waals surface area contributed by atoms with Crippen LogP contribution in [0.2, 0.25) is 0 Å². The Kier molecular flexibility index (Phi) is 6.96. The monoisotopic (exact) mass is 368 g/mol. The van der Waals surface area contributed by atoms with Crippen LogP contribution in [0.5, 0.6) is 0 Å². The minimum Gasteiger partial charge on any atom is -0.348 e. The molecule has 1 aromatic carbocycles. The van der Waals surface area contributed by atoms with E-state index in [-0.39, 0.29) is 25.5 Å². The topological polar surface area (TPSA) is 110 Å². The smallest absolute Gasteiger partial charge is 0.329 e. The number of para-hydroxylation sites is 1. The predicted molar refractivity (Wildman–Crippen MR) is 101 cm³/mol. The van der Waals surface area contributed by atoms with Crippen molar-refractivity contribution >= 4 is 29.2 Å². The Balaban J connectivity index is 0.00000312. The van der Waals surface area contributed by atoms with E-state index in [1.807, 2.05) is 20.8 Å². The number of halogens is 1. The van der Waals surface area contributed by atoms with Crippen molar-refractivity contribution in [3.05, 3.63) is 45.1 Å². The minimum atomic E-state index is -0.604. The molecule has 0 spiro atoms. The fourth-order valence-electron chi connectivity index (χ4n) is 2.95. The molecule has 2 rings (SSSR count). The molecule has 7 nitrogen and oxygen atoms in total. The normalized spacial score (nSPS) is 13.3. The van der Waals surface area contributed by atoms with Gasteiger partial charge in [0.2, 0.25) is 5.91 Å². The molecule has 1 atom stereocenters. The molecule has 0 aliphatic rings. The Morgan fingerprint density at radius 2 is 1.96 bits per heavy atom. The number of H-pyrrole nitrogens is 1. The molecule has 4 N–H and O–H groups in total. The lowest BCUT2D eigenvalue weighted by Gasteiger charge is -2.31. The molecule has 25 heavy (non-hydrogen) atoms. The molecule has 1 heterocycles. The zero-order valence-electron chi connectivity index (χ0n) is 14.7. The Labute approximate surface area is 152 Å². The summed E-state index contributed by atoms with van der Waals surface area (Å²) in [6.07, 6.45) is 0.707. The number of nitrogens with one attached hydrogen (secondary N) is 2. The van der Waals surface area contributed by atoms with Crippen LogP contribution in [0, 0.1) is 5.92 Å². The minimum absolute atomic E-state index is 0. The number of rotatable bonds is 6. The van der Waals surface area contributed by atoms with Crippen molar-refractivity contribution in [3.63, 3.8) is 0 Å². The number of aromatic amines is 1. The van der Waals surface area contributed by atoms with Crippen molar-refractivity contribution in [1.82, 2.24) is 14.9 Å². The maximum atomic E-state index is 12.4. The van der Waals surface area contributed by atoms with Crippen LogP contribution in [0.4, 0.5) is 0 Å². The van der Waals surface area contributed by atoms with Gasteiger partial charge >= 0.3 is 5.69 Å². The molecule has 2 aromatic rings. The number of carbonyl (C=O) groups excluding carboxylic acids is 1. The maximum Gasteiger partial charge on any atom is 0.329 e. The third kappa shape index (κ3) is 4.93. The second kappa shape index (κ2) is 8.31. The van der Waals surface area contributed by atoms with E-state index in [9.17, 15) is 14.4 Å². The van der Waals surface area contributed by atoms with Crippen molar-refractivity contribution in [2.75, 3.05) is 6.54 Å². The van der Waals surface area contributed by atoms with E-state index in [4.69, 9.17) is 5.73 Å². The number of carbonyl (C=O) groups is 1. The van der Waals surface area contributed by atoms with Crippen LogP contribution < -0.4 is 22.3 Å². The fraction of sp³-hybridized carbons (Fsp3) is 0.471.